The lowest BCUT2D eigenvalue weighted by atomic mass is 9.94. The molecular formula is C19H25N3O6S. The minimum atomic E-state index is -0.582. The molecule has 0 atom stereocenters. The molecule has 0 aliphatic heterocycles. The van der Waals surface area contributed by atoms with Crippen LogP contribution in [0, 0.1) is 10.1 Å². The van der Waals surface area contributed by atoms with Gasteiger partial charge in [0.05, 0.1) is 16.4 Å². The molecule has 0 spiro atoms. The van der Waals surface area contributed by atoms with Gasteiger partial charge in [0, 0.05) is 30.9 Å². The molecule has 2 amide bonds. The van der Waals surface area contributed by atoms with Gasteiger partial charge < -0.3 is 15.0 Å². The number of non-ortho nitro benzene ring substituents is 1. The molecule has 1 N–H and O–H groups in total. The van der Waals surface area contributed by atoms with Crippen LogP contribution < -0.4 is 5.32 Å². The quantitative estimate of drug-likeness (QED) is 0.368. The highest BCUT2D eigenvalue weighted by Gasteiger charge is 2.22. The van der Waals surface area contributed by atoms with Crippen molar-refractivity contribution < 1.29 is 24.0 Å². The van der Waals surface area contributed by atoms with Crippen LogP contribution in [-0.2, 0) is 19.1 Å². The van der Waals surface area contributed by atoms with Gasteiger partial charge in [0.1, 0.15) is 0 Å². The fourth-order valence-electron chi connectivity index (χ4n) is 3.05. The molecular weight excluding hydrogens is 398 g/mol. The van der Waals surface area contributed by atoms with Crippen LogP contribution in [0.1, 0.15) is 32.1 Å². The SMILES string of the molecule is CN(C(=O)CSCC(=O)OCC(=O)Nc1ccc([N+](=O)[O-])cc1)C1CCCCC1. The summed E-state index contributed by atoms with van der Waals surface area (Å²) in [6.07, 6.45) is 5.56. The third-order valence-electron chi connectivity index (χ3n) is 4.69. The molecule has 1 aliphatic rings. The molecule has 29 heavy (non-hydrogen) atoms. The Labute approximate surface area is 173 Å². The van der Waals surface area contributed by atoms with Crippen LogP contribution in [0.2, 0.25) is 0 Å². The summed E-state index contributed by atoms with van der Waals surface area (Å²) in [5.74, 6) is -0.968. The first kappa shape index (κ1) is 22.7. The summed E-state index contributed by atoms with van der Waals surface area (Å²) in [5.41, 5.74) is 0.275. The maximum atomic E-state index is 12.2. The average Bonchev–Trinajstić information content (AvgIpc) is 2.72. The maximum Gasteiger partial charge on any atom is 0.316 e. The van der Waals surface area contributed by atoms with E-state index < -0.39 is 23.4 Å². The van der Waals surface area contributed by atoms with Crippen molar-refractivity contribution in [3.8, 4) is 0 Å². The highest BCUT2D eigenvalue weighted by Crippen LogP contribution is 2.22. The van der Waals surface area contributed by atoms with Crippen LogP contribution in [0.3, 0.4) is 0 Å². The average molecular weight is 423 g/mol. The predicted octanol–water partition coefficient (Wildman–Crippen LogP) is 2.60. The van der Waals surface area contributed by atoms with Crippen LogP contribution in [0.4, 0.5) is 11.4 Å². The van der Waals surface area contributed by atoms with Gasteiger partial charge in [0.25, 0.3) is 11.6 Å². The van der Waals surface area contributed by atoms with Crippen molar-refractivity contribution >= 4 is 40.9 Å². The van der Waals surface area contributed by atoms with Gasteiger partial charge in [0.15, 0.2) is 6.61 Å². The van der Waals surface area contributed by atoms with Crippen molar-refractivity contribution in [3.63, 3.8) is 0 Å². The van der Waals surface area contributed by atoms with E-state index in [0.717, 1.165) is 37.4 Å². The molecule has 2 rings (SSSR count). The number of nitrogens with one attached hydrogen (secondary N) is 1. The smallest absolute Gasteiger partial charge is 0.316 e. The van der Waals surface area contributed by atoms with Crippen LogP contribution in [0.25, 0.3) is 0 Å². The van der Waals surface area contributed by atoms with Crippen molar-refractivity contribution in [3.05, 3.63) is 34.4 Å². The number of anilines is 1. The van der Waals surface area contributed by atoms with Gasteiger partial charge >= 0.3 is 5.97 Å². The minimum absolute atomic E-state index is 0.00869. The van der Waals surface area contributed by atoms with E-state index in [2.05, 4.69) is 5.32 Å². The first-order chi connectivity index (χ1) is 13.9. The number of carbonyl (C=O) groups excluding carboxylic acids is 3. The Balaban J connectivity index is 1.62. The first-order valence-electron chi connectivity index (χ1n) is 9.40. The van der Waals surface area contributed by atoms with Crippen molar-refractivity contribution in [2.24, 2.45) is 0 Å². The molecule has 1 fully saturated rings. The van der Waals surface area contributed by atoms with E-state index in [1.54, 1.807) is 11.9 Å². The van der Waals surface area contributed by atoms with Crippen LogP contribution in [-0.4, -0.2) is 58.8 Å². The molecule has 1 aromatic carbocycles. The molecule has 1 saturated carbocycles. The lowest BCUT2D eigenvalue weighted by Gasteiger charge is -2.31. The monoisotopic (exact) mass is 423 g/mol. The van der Waals surface area contributed by atoms with E-state index in [1.807, 2.05) is 0 Å². The zero-order valence-electron chi connectivity index (χ0n) is 16.3. The van der Waals surface area contributed by atoms with Crippen LogP contribution in [0.15, 0.2) is 24.3 Å². The second-order valence-electron chi connectivity index (χ2n) is 6.80. The number of amides is 2. The number of hydrogen-bond acceptors (Lipinski definition) is 7. The molecule has 0 aromatic heterocycles. The van der Waals surface area contributed by atoms with E-state index in [4.69, 9.17) is 4.74 Å². The fraction of sp³-hybridized carbons (Fsp3) is 0.526. The van der Waals surface area contributed by atoms with Gasteiger partial charge in [-0.2, -0.15) is 0 Å². The van der Waals surface area contributed by atoms with Crippen LogP contribution >= 0.6 is 11.8 Å². The third kappa shape index (κ3) is 7.72. The minimum Gasteiger partial charge on any atom is -0.455 e. The van der Waals surface area contributed by atoms with E-state index in [0.29, 0.717) is 5.69 Å². The highest BCUT2D eigenvalue weighted by atomic mass is 32.2. The Hall–Kier alpha value is -2.62. The van der Waals surface area contributed by atoms with E-state index in [1.165, 1.54) is 30.7 Å². The lowest BCUT2D eigenvalue weighted by molar-refractivity contribution is -0.384. The molecule has 0 heterocycles. The Bertz CT molecular complexity index is 734. The largest absolute Gasteiger partial charge is 0.455 e. The topological polar surface area (TPSA) is 119 Å². The number of benzene rings is 1. The summed E-state index contributed by atoms with van der Waals surface area (Å²) in [6, 6.07) is 5.59. The van der Waals surface area contributed by atoms with Gasteiger partial charge in [-0.15, -0.1) is 11.8 Å². The molecule has 9 nitrogen and oxygen atoms in total. The maximum absolute atomic E-state index is 12.2. The summed E-state index contributed by atoms with van der Waals surface area (Å²) in [6.45, 7) is -0.466. The van der Waals surface area contributed by atoms with Crippen molar-refractivity contribution in [2.75, 3.05) is 30.5 Å². The molecule has 0 radical (unpaired) electrons. The number of nitro groups is 1. The van der Waals surface area contributed by atoms with Gasteiger partial charge in [0.2, 0.25) is 5.91 Å². The number of nitrogens with zero attached hydrogens (tertiary/aromatic N) is 2. The number of nitro benzene ring substituents is 1. The number of thioether (sulfide) groups is 1. The number of esters is 1. The molecule has 0 unspecified atom stereocenters. The number of carbonyl (C=O) groups is 3. The van der Waals surface area contributed by atoms with Crippen molar-refractivity contribution in [1.29, 1.82) is 0 Å². The van der Waals surface area contributed by atoms with Gasteiger partial charge in [-0.05, 0) is 25.0 Å². The normalized spacial score (nSPS) is 14.1. The lowest BCUT2D eigenvalue weighted by Crippen LogP contribution is -2.39. The first-order valence-corrected chi connectivity index (χ1v) is 10.6. The fourth-order valence-corrected chi connectivity index (χ4v) is 3.78. The number of hydrogen-bond donors (Lipinski definition) is 1. The van der Waals surface area contributed by atoms with E-state index in [9.17, 15) is 24.5 Å². The molecule has 0 saturated heterocycles. The predicted molar refractivity (Wildman–Crippen MR) is 110 cm³/mol. The number of rotatable bonds is 9. The second-order valence-corrected chi connectivity index (χ2v) is 7.79. The molecule has 0 bridgehead atoms. The Morgan fingerprint density at radius 2 is 1.83 bits per heavy atom. The van der Waals surface area contributed by atoms with E-state index in [-0.39, 0.29) is 29.1 Å². The molecule has 10 heteroatoms. The van der Waals surface area contributed by atoms with Crippen molar-refractivity contribution in [1.82, 2.24) is 4.90 Å². The summed E-state index contributed by atoms with van der Waals surface area (Å²) in [7, 11) is 1.81. The zero-order chi connectivity index (χ0) is 21.2. The van der Waals surface area contributed by atoms with Gasteiger partial charge in [-0.1, -0.05) is 19.3 Å². The Kier molecular flexibility index (Phi) is 8.91. The second kappa shape index (κ2) is 11.4. The summed E-state index contributed by atoms with van der Waals surface area (Å²) in [5, 5.41) is 13.1. The van der Waals surface area contributed by atoms with Gasteiger partial charge in [-0.3, -0.25) is 24.5 Å². The summed E-state index contributed by atoms with van der Waals surface area (Å²) in [4.78, 5) is 47.6. The molecule has 1 aromatic rings. The van der Waals surface area contributed by atoms with E-state index >= 15 is 0 Å². The molecule has 1 aliphatic carbocycles. The van der Waals surface area contributed by atoms with Gasteiger partial charge in [-0.25, -0.2) is 0 Å². The van der Waals surface area contributed by atoms with Crippen LogP contribution in [0.5, 0.6) is 0 Å². The van der Waals surface area contributed by atoms with Crippen molar-refractivity contribution in [2.45, 2.75) is 38.1 Å². The third-order valence-corrected chi connectivity index (χ3v) is 5.58. The Morgan fingerprint density at radius 1 is 1.17 bits per heavy atom. The highest BCUT2D eigenvalue weighted by molar-refractivity contribution is 8.00. The standard InChI is InChI=1S/C19H25N3O6S/c1-21(15-5-3-2-4-6-15)18(24)12-29-13-19(25)28-11-17(23)20-14-7-9-16(10-8-14)22(26)27/h7-10,15H,2-6,11-13H2,1H3,(H,20,23). The zero-order valence-corrected chi connectivity index (χ0v) is 17.1. The Morgan fingerprint density at radius 3 is 2.45 bits per heavy atom. The molecule has 158 valence electrons. The summed E-state index contributed by atoms with van der Waals surface area (Å²) >= 11 is 1.16. The summed E-state index contributed by atoms with van der Waals surface area (Å²) < 4.78 is 4.89. The number of ether oxygens (including phenoxy) is 1.